The first-order chi connectivity index (χ1) is 17.4. The molecule has 4 unspecified atom stereocenters. The Kier molecular flexibility index (Phi) is 11.7. The highest BCUT2D eigenvalue weighted by molar-refractivity contribution is 7.28. The van der Waals surface area contributed by atoms with E-state index in [1.807, 2.05) is 30.3 Å². The number of hydrazine groups is 1. The van der Waals surface area contributed by atoms with Crippen LogP contribution in [0.2, 0.25) is 0 Å². The summed E-state index contributed by atoms with van der Waals surface area (Å²) in [6.07, 6.45) is 10.5. The van der Waals surface area contributed by atoms with Gasteiger partial charge in [-0.05, 0) is 41.4 Å². The van der Waals surface area contributed by atoms with Crippen molar-refractivity contribution in [2.75, 3.05) is 5.32 Å². The normalized spacial score (nSPS) is 19.7. The molecule has 0 aromatic heterocycles. The number of nitrogens with zero attached hydrogens (tertiary/aromatic N) is 2. The molecule has 4 atom stereocenters. The maximum absolute atomic E-state index is 14.0. The summed E-state index contributed by atoms with van der Waals surface area (Å²) in [5.74, 6) is 0.0871. The van der Waals surface area contributed by atoms with Crippen LogP contribution in [0.15, 0.2) is 47.5 Å². The first-order valence-corrected chi connectivity index (χ1v) is 12.4. The molecule has 192 valence electrons. The number of ketones is 1. The number of carbonyl (C=O) groups is 2. The summed E-state index contributed by atoms with van der Waals surface area (Å²) in [7, 11) is 2.43. The molecule has 2 aliphatic rings. The Hall–Kier alpha value is -3.14. The molecule has 0 saturated carbocycles. The Morgan fingerprint density at radius 1 is 1.28 bits per heavy atom. The highest BCUT2D eigenvalue weighted by atomic mass is 31.0. The first-order valence-electron chi connectivity index (χ1n) is 11.9. The molecule has 0 aliphatic carbocycles. The van der Waals surface area contributed by atoms with E-state index in [0.29, 0.717) is 36.1 Å². The third-order valence-corrected chi connectivity index (χ3v) is 6.30. The Balaban J connectivity index is 0.000000244. The zero-order chi connectivity index (χ0) is 26.7. The van der Waals surface area contributed by atoms with E-state index in [-0.39, 0.29) is 17.6 Å². The number of terminal acetylenes is 1. The Morgan fingerprint density at radius 3 is 2.58 bits per heavy atom. The van der Waals surface area contributed by atoms with Crippen molar-refractivity contribution >= 4 is 38.3 Å². The Morgan fingerprint density at radius 2 is 1.97 bits per heavy atom. The number of rotatable bonds is 8. The van der Waals surface area contributed by atoms with Gasteiger partial charge in [0, 0.05) is 12.8 Å². The van der Waals surface area contributed by atoms with Crippen LogP contribution in [-0.4, -0.2) is 35.4 Å². The standard InChI is InChI=1S/C14H16FN3O.C11H15FNOP.C2H2/c1-2-12(19)13-16-14-10(15)8-11(18(14)17-13)9-6-4-3-5-7-9;1-2-3-4-8-5-9(12)6-10(15)11(8)13-7-14;1-2/h3-7,10-11,13,17H,2,8H2,1H3;5-7H,2-4,15H2,1H3,(H,13,14);1-2H. The second kappa shape index (κ2) is 14.4. The number of amidine groups is 1. The molecule has 36 heavy (non-hydrogen) atoms. The van der Waals surface area contributed by atoms with Crippen LogP contribution in [0, 0.1) is 18.7 Å². The smallest absolute Gasteiger partial charge is 0.211 e. The minimum Gasteiger partial charge on any atom is -0.328 e. The topological polar surface area (TPSA) is 73.8 Å². The molecule has 2 aromatic carbocycles. The summed E-state index contributed by atoms with van der Waals surface area (Å²) >= 11 is 0. The van der Waals surface area contributed by atoms with Gasteiger partial charge in [0.25, 0.3) is 0 Å². The van der Waals surface area contributed by atoms with E-state index in [9.17, 15) is 18.4 Å². The summed E-state index contributed by atoms with van der Waals surface area (Å²) in [5, 5.41) is 5.02. The predicted molar refractivity (Wildman–Crippen MR) is 144 cm³/mol. The number of aliphatic imine (C=N–C) groups is 1. The number of halogens is 2. The Labute approximate surface area is 214 Å². The number of hydrogen-bond acceptors (Lipinski definition) is 5. The number of unbranched alkanes of at least 4 members (excludes halogenated alkanes) is 1. The monoisotopic (exact) mass is 514 g/mol. The quantitative estimate of drug-likeness (QED) is 0.310. The third-order valence-electron chi connectivity index (χ3n) is 5.85. The first kappa shape index (κ1) is 29.1. The number of amides is 1. The lowest BCUT2D eigenvalue weighted by molar-refractivity contribution is -0.121. The van der Waals surface area contributed by atoms with E-state index < -0.39 is 12.3 Å². The van der Waals surface area contributed by atoms with Gasteiger partial charge in [0.2, 0.25) is 6.41 Å². The van der Waals surface area contributed by atoms with E-state index >= 15 is 0 Å². The van der Waals surface area contributed by atoms with Crippen LogP contribution in [0.5, 0.6) is 0 Å². The van der Waals surface area contributed by atoms with Crippen molar-refractivity contribution in [1.82, 2.24) is 10.4 Å². The molecule has 1 fully saturated rings. The number of carbonyl (C=O) groups excluding carboxylic acids is 2. The number of benzene rings is 2. The number of aryl methyl sites for hydroxylation is 1. The number of hydrogen-bond donors (Lipinski definition) is 2. The van der Waals surface area contributed by atoms with Gasteiger partial charge in [0.15, 0.2) is 24.0 Å². The fourth-order valence-electron chi connectivity index (χ4n) is 4.09. The van der Waals surface area contributed by atoms with Crippen LogP contribution >= 0.6 is 9.24 Å². The van der Waals surface area contributed by atoms with Gasteiger partial charge in [-0.2, -0.15) is 0 Å². The van der Waals surface area contributed by atoms with Gasteiger partial charge in [-0.15, -0.1) is 22.1 Å². The maximum Gasteiger partial charge on any atom is 0.211 e. The van der Waals surface area contributed by atoms with Crippen LogP contribution in [-0.2, 0) is 16.0 Å². The van der Waals surface area contributed by atoms with Crippen molar-refractivity contribution in [2.24, 2.45) is 4.99 Å². The molecule has 0 spiro atoms. The number of anilines is 1. The largest absolute Gasteiger partial charge is 0.328 e. The molecule has 1 amide bonds. The fourth-order valence-corrected chi connectivity index (χ4v) is 4.52. The van der Waals surface area contributed by atoms with Crippen molar-refractivity contribution in [3.63, 3.8) is 0 Å². The molecule has 2 aromatic rings. The predicted octanol–water partition coefficient (Wildman–Crippen LogP) is 4.48. The molecular weight excluding hydrogens is 481 g/mol. The van der Waals surface area contributed by atoms with Crippen molar-refractivity contribution in [3.05, 3.63) is 59.4 Å². The molecule has 2 heterocycles. The van der Waals surface area contributed by atoms with Crippen LogP contribution in [0.1, 0.15) is 56.7 Å². The maximum atomic E-state index is 14.0. The van der Waals surface area contributed by atoms with Gasteiger partial charge in [-0.25, -0.2) is 19.2 Å². The van der Waals surface area contributed by atoms with Crippen molar-refractivity contribution in [2.45, 2.75) is 64.3 Å². The second-order valence-corrected chi connectivity index (χ2v) is 8.86. The highest BCUT2D eigenvalue weighted by Gasteiger charge is 2.44. The van der Waals surface area contributed by atoms with E-state index in [0.717, 1.165) is 30.4 Å². The van der Waals surface area contributed by atoms with Gasteiger partial charge in [0.05, 0.1) is 11.7 Å². The van der Waals surface area contributed by atoms with Crippen molar-refractivity contribution in [3.8, 4) is 12.8 Å². The number of fused-ring (bicyclic) bond motifs is 1. The van der Waals surface area contributed by atoms with E-state index in [1.54, 1.807) is 11.9 Å². The molecule has 2 aliphatic heterocycles. The van der Waals surface area contributed by atoms with Gasteiger partial charge in [0.1, 0.15) is 5.82 Å². The van der Waals surface area contributed by atoms with Crippen LogP contribution in [0.3, 0.4) is 0 Å². The summed E-state index contributed by atoms with van der Waals surface area (Å²) < 4.78 is 27.2. The SMILES string of the molecule is C#C.CCC(=O)C1N=C2C(F)CC(c3ccccc3)N2N1.CCCCc1cc(F)cc(P)c1NC=O. The van der Waals surface area contributed by atoms with E-state index in [4.69, 9.17) is 0 Å². The molecular formula is C27H33F2N4O2P. The molecule has 6 nitrogen and oxygen atoms in total. The van der Waals surface area contributed by atoms with Gasteiger partial charge in [-0.3, -0.25) is 14.6 Å². The minimum atomic E-state index is -1.10. The average molecular weight is 515 g/mol. The second-order valence-electron chi connectivity index (χ2n) is 8.23. The lowest BCUT2D eigenvalue weighted by atomic mass is 10.0. The number of nitrogens with one attached hydrogen (secondary N) is 2. The Bertz CT molecular complexity index is 1080. The molecule has 2 N–H and O–H groups in total. The highest BCUT2D eigenvalue weighted by Crippen LogP contribution is 2.36. The summed E-state index contributed by atoms with van der Waals surface area (Å²) in [6.45, 7) is 3.86. The molecule has 4 rings (SSSR count). The lowest BCUT2D eigenvalue weighted by Gasteiger charge is -2.24. The van der Waals surface area contributed by atoms with Gasteiger partial charge < -0.3 is 5.32 Å². The number of alkyl halides is 1. The van der Waals surface area contributed by atoms with Crippen molar-refractivity contribution in [1.29, 1.82) is 0 Å². The van der Waals surface area contributed by atoms with E-state index in [1.165, 1.54) is 12.1 Å². The van der Waals surface area contributed by atoms with Crippen LogP contribution < -0.4 is 16.0 Å². The van der Waals surface area contributed by atoms with E-state index in [2.05, 4.69) is 44.7 Å². The van der Waals surface area contributed by atoms with Gasteiger partial charge in [-0.1, -0.05) is 50.6 Å². The zero-order valence-electron chi connectivity index (χ0n) is 20.6. The summed E-state index contributed by atoms with van der Waals surface area (Å²) in [5.41, 5.74) is 5.63. The molecule has 0 radical (unpaired) electrons. The van der Waals surface area contributed by atoms with Crippen LogP contribution in [0.25, 0.3) is 0 Å². The van der Waals surface area contributed by atoms with Gasteiger partial charge >= 0.3 is 0 Å². The molecule has 0 bridgehead atoms. The zero-order valence-corrected chi connectivity index (χ0v) is 21.7. The third kappa shape index (κ3) is 7.19. The fraction of sp³-hybridized carbons (Fsp3) is 0.370. The molecule has 1 saturated heterocycles. The minimum absolute atomic E-state index is 0.0130. The molecule has 9 heteroatoms. The van der Waals surface area contributed by atoms with Crippen LogP contribution in [0.4, 0.5) is 14.5 Å². The number of Topliss-reactive ketones (excluding diaryl/α,β-unsaturated/α-hetero) is 1. The average Bonchev–Trinajstić information content (AvgIpc) is 3.47. The summed E-state index contributed by atoms with van der Waals surface area (Å²) in [6, 6.07) is 12.5. The van der Waals surface area contributed by atoms with Crippen molar-refractivity contribution < 1.29 is 18.4 Å². The lowest BCUT2D eigenvalue weighted by Crippen LogP contribution is -2.42. The summed E-state index contributed by atoms with van der Waals surface area (Å²) in [4.78, 5) is 26.3.